The minimum absolute atomic E-state index is 0.131. The molecule has 0 aliphatic rings. The second kappa shape index (κ2) is 2.70. The van der Waals surface area contributed by atoms with E-state index in [9.17, 15) is 0 Å². The van der Waals surface area contributed by atoms with Crippen LogP contribution in [0.25, 0.3) is 5.95 Å². The third-order valence-corrected chi connectivity index (χ3v) is 1.38. The Balaban J connectivity index is 2.46. The van der Waals surface area contributed by atoms with Gasteiger partial charge in [-0.05, 0) is 0 Å². The number of nitrogens with zero attached hydrogens (tertiary/aromatic N) is 5. The predicted molar refractivity (Wildman–Crippen MR) is 37.2 cm³/mol. The predicted octanol–water partition coefficient (Wildman–Crippen LogP) is -1.12. The summed E-state index contributed by atoms with van der Waals surface area (Å²) in [4.78, 5) is 3.85. The molecular weight excluding hydrogens is 160 g/mol. The van der Waals surface area contributed by atoms with Crippen LogP contribution >= 0.6 is 0 Å². The fourth-order valence-electron chi connectivity index (χ4n) is 0.843. The molecule has 0 spiro atoms. The summed E-state index contributed by atoms with van der Waals surface area (Å²) < 4.78 is 1.38. The van der Waals surface area contributed by atoms with Crippen LogP contribution in [-0.4, -0.2) is 35.3 Å². The van der Waals surface area contributed by atoms with E-state index in [4.69, 9.17) is 5.11 Å². The van der Waals surface area contributed by atoms with Crippen LogP contribution in [-0.2, 0) is 6.61 Å². The van der Waals surface area contributed by atoms with E-state index in [0.29, 0.717) is 11.6 Å². The summed E-state index contributed by atoms with van der Waals surface area (Å²) in [5.41, 5.74) is 0.562. The van der Waals surface area contributed by atoms with E-state index in [2.05, 4.69) is 25.5 Å². The first kappa shape index (κ1) is 6.92. The van der Waals surface area contributed by atoms with Crippen molar-refractivity contribution in [1.82, 2.24) is 30.2 Å². The van der Waals surface area contributed by atoms with Crippen molar-refractivity contribution in [1.29, 1.82) is 0 Å². The summed E-state index contributed by atoms with van der Waals surface area (Å²) in [6.45, 7) is -0.131. The largest absolute Gasteiger partial charge is 0.390 e. The van der Waals surface area contributed by atoms with Crippen molar-refractivity contribution in [3.05, 3.63) is 18.2 Å². The van der Waals surface area contributed by atoms with Gasteiger partial charge < -0.3 is 5.11 Å². The van der Waals surface area contributed by atoms with E-state index >= 15 is 0 Å². The molecule has 2 aromatic heterocycles. The molecule has 0 fully saturated rings. The topological polar surface area (TPSA) is 92.5 Å². The maximum Gasteiger partial charge on any atom is 0.248 e. The van der Waals surface area contributed by atoms with Crippen LogP contribution in [0, 0.1) is 0 Å². The van der Waals surface area contributed by atoms with Crippen LogP contribution in [0.5, 0.6) is 0 Å². The number of aliphatic hydroxyl groups excluding tert-OH is 1. The Hall–Kier alpha value is -1.76. The number of aliphatic hydroxyl groups is 1. The van der Waals surface area contributed by atoms with Gasteiger partial charge in [0.15, 0.2) is 0 Å². The third-order valence-electron chi connectivity index (χ3n) is 1.38. The number of H-pyrrole nitrogens is 1. The first-order chi connectivity index (χ1) is 5.92. The average molecular weight is 166 g/mol. The van der Waals surface area contributed by atoms with E-state index < -0.39 is 0 Å². The number of aromatic nitrogens is 6. The van der Waals surface area contributed by atoms with Gasteiger partial charge in [-0.2, -0.15) is 14.8 Å². The van der Waals surface area contributed by atoms with Crippen molar-refractivity contribution in [2.24, 2.45) is 0 Å². The van der Waals surface area contributed by atoms with Gasteiger partial charge in [0.25, 0.3) is 0 Å². The standard InChI is InChI=1S/C5H6N6O/c12-2-4-1-7-10-11(4)5-6-3-8-9-5/h1,3,12H,2H2,(H,6,8,9). The lowest BCUT2D eigenvalue weighted by atomic mass is 10.5. The molecule has 0 bridgehead atoms. The molecule has 0 unspecified atom stereocenters. The maximum atomic E-state index is 8.84. The number of rotatable bonds is 2. The van der Waals surface area contributed by atoms with Crippen molar-refractivity contribution >= 4 is 0 Å². The summed E-state index contributed by atoms with van der Waals surface area (Å²) >= 11 is 0. The van der Waals surface area contributed by atoms with Crippen LogP contribution in [0.4, 0.5) is 0 Å². The maximum absolute atomic E-state index is 8.84. The fraction of sp³-hybridized carbons (Fsp3) is 0.200. The SMILES string of the molecule is OCc1cnnn1-c1ncn[nH]1. The lowest BCUT2D eigenvalue weighted by molar-refractivity contribution is 0.272. The summed E-state index contributed by atoms with van der Waals surface area (Å²) in [5.74, 6) is 0.441. The van der Waals surface area contributed by atoms with E-state index in [-0.39, 0.29) is 6.61 Å². The highest BCUT2D eigenvalue weighted by Crippen LogP contribution is 2.00. The summed E-state index contributed by atoms with van der Waals surface area (Å²) in [6.07, 6.45) is 2.82. The van der Waals surface area contributed by atoms with Gasteiger partial charge in [0, 0.05) is 0 Å². The van der Waals surface area contributed by atoms with Crippen molar-refractivity contribution in [2.75, 3.05) is 0 Å². The summed E-state index contributed by atoms with van der Waals surface area (Å²) in [6, 6.07) is 0. The van der Waals surface area contributed by atoms with Crippen molar-refractivity contribution < 1.29 is 5.11 Å². The second-order valence-corrected chi connectivity index (χ2v) is 2.10. The monoisotopic (exact) mass is 166 g/mol. The smallest absolute Gasteiger partial charge is 0.248 e. The molecule has 0 saturated heterocycles. The van der Waals surface area contributed by atoms with Crippen LogP contribution < -0.4 is 0 Å². The zero-order valence-electron chi connectivity index (χ0n) is 6.05. The fourth-order valence-corrected chi connectivity index (χ4v) is 0.843. The highest BCUT2D eigenvalue weighted by atomic mass is 16.3. The Kier molecular flexibility index (Phi) is 1.56. The van der Waals surface area contributed by atoms with Gasteiger partial charge >= 0.3 is 0 Å². The van der Waals surface area contributed by atoms with Crippen molar-refractivity contribution in [3.8, 4) is 5.95 Å². The molecule has 12 heavy (non-hydrogen) atoms. The zero-order chi connectivity index (χ0) is 8.39. The lowest BCUT2D eigenvalue weighted by Crippen LogP contribution is -2.04. The second-order valence-electron chi connectivity index (χ2n) is 2.10. The van der Waals surface area contributed by atoms with Gasteiger partial charge in [0.05, 0.1) is 18.5 Å². The number of aromatic amines is 1. The van der Waals surface area contributed by atoms with Gasteiger partial charge in [-0.3, -0.25) is 0 Å². The molecular formula is C5H6N6O. The van der Waals surface area contributed by atoms with Gasteiger partial charge in [-0.1, -0.05) is 5.21 Å². The lowest BCUT2D eigenvalue weighted by Gasteiger charge is -1.96. The molecule has 0 radical (unpaired) electrons. The summed E-state index contributed by atoms with van der Waals surface area (Å²) in [7, 11) is 0. The highest BCUT2D eigenvalue weighted by molar-refractivity contribution is 5.09. The van der Waals surface area contributed by atoms with E-state index in [1.165, 1.54) is 17.2 Å². The van der Waals surface area contributed by atoms with E-state index in [0.717, 1.165) is 0 Å². The number of hydrogen-bond donors (Lipinski definition) is 2. The first-order valence-corrected chi connectivity index (χ1v) is 3.28. The Bertz CT molecular complexity index is 352. The Morgan fingerprint density at radius 1 is 1.58 bits per heavy atom. The van der Waals surface area contributed by atoms with Crippen molar-refractivity contribution in [3.63, 3.8) is 0 Å². The van der Waals surface area contributed by atoms with Gasteiger partial charge in [-0.15, -0.1) is 5.10 Å². The van der Waals surface area contributed by atoms with Gasteiger partial charge in [0.2, 0.25) is 5.95 Å². The first-order valence-electron chi connectivity index (χ1n) is 3.28. The molecule has 0 atom stereocenters. The van der Waals surface area contributed by atoms with Gasteiger partial charge in [-0.25, -0.2) is 5.10 Å². The Morgan fingerprint density at radius 3 is 3.17 bits per heavy atom. The molecule has 62 valence electrons. The van der Waals surface area contributed by atoms with E-state index in [1.807, 2.05) is 0 Å². The molecule has 0 aromatic carbocycles. The molecule has 2 N–H and O–H groups in total. The minimum atomic E-state index is -0.131. The van der Waals surface area contributed by atoms with Crippen molar-refractivity contribution in [2.45, 2.75) is 6.61 Å². The minimum Gasteiger partial charge on any atom is -0.390 e. The molecule has 0 amide bonds. The quantitative estimate of drug-likeness (QED) is 0.589. The summed E-state index contributed by atoms with van der Waals surface area (Å²) in [5, 5.41) is 22.4. The van der Waals surface area contributed by atoms with Crippen LogP contribution in [0.2, 0.25) is 0 Å². The molecule has 0 saturated carbocycles. The van der Waals surface area contributed by atoms with Crippen LogP contribution in [0.1, 0.15) is 5.69 Å². The molecule has 2 heterocycles. The molecule has 2 aromatic rings. The van der Waals surface area contributed by atoms with Crippen LogP contribution in [0.15, 0.2) is 12.5 Å². The normalized spacial score (nSPS) is 10.4. The highest BCUT2D eigenvalue weighted by Gasteiger charge is 2.05. The average Bonchev–Trinajstić information content (AvgIpc) is 2.74. The Morgan fingerprint density at radius 2 is 2.50 bits per heavy atom. The molecule has 0 aliphatic carbocycles. The number of hydrogen-bond acceptors (Lipinski definition) is 5. The van der Waals surface area contributed by atoms with Gasteiger partial charge in [0.1, 0.15) is 6.33 Å². The Labute approximate surface area is 67.1 Å². The molecule has 7 nitrogen and oxygen atoms in total. The molecule has 0 aliphatic heterocycles. The zero-order valence-corrected chi connectivity index (χ0v) is 6.05. The molecule has 2 rings (SSSR count). The third kappa shape index (κ3) is 0.957. The number of nitrogens with one attached hydrogen (secondary N) is 1. The molecule has 7 heteroatoms. The van der Waals surface area contributed by atoms with Crippen LogP contribution in [0.3, 0.4) is 0 Å². The van der Waals surface area contributed by atoms with E-state index in [1.54, 1.807) is 0 Å².